The third kappa shape index (κ3) is 4.61. The average molecular weight is 413 g/mol. The topological polar surface area (TPSA) is 96.0 Å². The van der Waals surface area contributed by atoms with Gasteiger partial charge in [-0.05, 0) is 37.1 Å². The molecule has 0 radical (unpaired) electrons. The van der Waals surface area contributed by atoms with E-state index in [-0.39, 0.29) is 43.2 Å². The molecule has 1 aromatic carbocycles. The lowest BCUT2D eigenvalue weighted by atomic mass is 10.1. The Morgan fingerprint density at radius 2 is 2.04 bits per heavy atom. The van der Waals surface area contributed by atoms with Gasteiger partial charge in [-0.2, -0.15) is 0 Å². The average Bonchev–Trinajstić information content (AvgIpc) is 3.03. The third-order valence-corrected chi connectivity index (χ3v) is 6.61. The van der Waals surface area contributed by atoms with Crippen molar-refractivity contribution in [2.24, 2.45) is 0 Å². The van der Waals surface area contributed by atoms with Gasteiger partial charge in [-0.1, -0.05) is 6.92 Å². The second-order valence-corrected chi connectivity index (χ2v) is 8.99. The summed E-state index contributed by atoms with van der Waals surface area (Å²) in [4.78, 5) is 26.7. The van der Waals surface area contributed by atoms with Crippen LogP contribution in [0.5, 0.6) is 5.75 Å². The summed E-state index contributed by atoms with van der Waals surface area (Å²) in [5, 5.41) is 2.83. The summed E-state index contributed by atoms with van der Waals surface area (Å²) < 4.78 is 43.8. The normalized spacial score (nSPS) is 24.5. The molecule has 0 aromatic heterocycles. The van der Waals surface area contributed by atoms with Crippen molar-refractivity contribution in [1.29, 1.82) is 0 Å². The Morgan fingerprint density at radius 1 is 1.32 bits per heavy atom. The van der Waals surface area contributed by atoms with Crippen molar-refractivity contribution in [2.75, 3.05) is 32.0 Å². The number of hydrogen-bond donors (Lipinski definition) is 1. The highest BCUT2D eigenvalue weighted by Gasteiger charge is 2.44. The van der Waals surface area contributed by atoms with Crippen LogP contribution in [0.25, 0.3) is 0 Å². The minimum absolute atomic E-state index is 0.108. The number of benzene rings is 1. The van der Waals surface area contributed by atoms with E-state index in [2.05, 4.69) is 5.32 Å². The smallest absolute Gasteiger partial charge is 0.258 e. The van der Waals surface area contributed by atoms with Crippen LogP contribution >= 0.6 is 0 Å². The van der Waals surface area contributed by atoms with E-state index in [1.807, 2.05) is 11.8 Å². The zero-order valence-electron chi connectivity index (χ0n) is 15.6. The number of nitrogens with zero attached hydrogens (tertiary/aromatic N) is 2. The molecule has 2 aliphatic heterocycles. The summed E-state index contributed by atoms with van der Waals surface area (Å²) >= 11 is 0. The highest BCUT2D eigenvalue weighted by atomic mass is 32.2. The molecule has 0 bridgehead atoms. The number of halogens is 1. The van der Waals surface area contributed by atoms with Gasteiger partial charge in [0.2, 0.25) is 10.0 Å². The van der Waals surface area contributed by atoms with E-state index in [1.54, 1.807) is 0 Å². The standard InChI is InChI=1S/C18H24FN3O5S/c1-2-7-22-18(24)16-10-14(11-21(16)8-9-28(22,25)26)20-17(23)12-27-15-5-3-13(19)4-6-15/h3-6,14,16H,2,7-12H2,1H3,(H,20,23)/t14-,16-/m0/s1. The van der Waals surface area contributed by atoms with Crippen molar-refractivity contribution < 1.29 is 27.1 Å². The second-order valence-electron chi connectivity index (χ2n) is 6.98. The SMILES string of the molecule is CCCN1C(=O)[C@@H]2C[C@H](NC(=O)COc3ccc(F)cc3)CN2CCS1(=O)=O. The molecule has 2 atom stereocenters. The largest absolute Gasteiger partial charge is 0.484 e. The number of nitrogens with one attached hydrogen (secondary N) is 1. The lowest BCUT2D eigenvalue weighted by molar-refractivity contribution is -0.130. The summed E-state index contributed by atoms with van der Waals surface area (Å²) in [6.45, 7) is 2.45. The maximum absolute atomic E-state index is 12.9. The van der Waals surface area contributed by atoms with E-state index in [0.717, 1.165) is 4.31 Å². The van der Waals surface area contributed by atoms with E-state index < -0.39 is 22.0 Å². The quantitative estimate of drug-likeness (QED) is 0.723. The van der Waals surface area contributed by atoms with Crippen molar-refractivity contribution in [3.05, 3.63) is 30.1 Å². The molecule has 2 saturated heterocycles. The zero-order valence-corrected chi connectivity index (χ0v) is 16.5. The summed E-state index contributed by atoms with van der Waals surface area (Å²) in [7, 11) is -3.59. The predicted octanol–water partition coefficient (Wildman–Crippen LogP) is 0.346. The van der Waals surface area contributed by atoms with E-state index in [0.29, 0.717) is 25.1 Å². The van der Waals surface area contributed by atoms with Crippen LogP contribution in [-0.4, -0.2) is 73.5 Å². The molecular formula is C18H24FN3O5S. The molecule has 0 unspecified atom stereocenters. The minimum atomic E-state index is -3.59. The monoisotopic (exact) mass is 413 g/mol. The van der Waals surface area contributed by atoms with Crippen molar-refractivity contribution in [3.63, 3.8) is 0 Å². The van der Waals surface area contributed by atoms with Gasteiger partial charge in [0.15, 0.2) is 6.61 Å². The van der Waals surface area contributed by atoms with Gasteiger partial charge in [-0.25, -0.2) is 17.1 Å². The van der Waals surface area contributed by atoms with Gasteiger partial charge in [-0.3, -0.25) is 14.5 Å². The Hall–Kier alpha value is -2.20. The summed E-state index contributed by atoms with van der Waals surface area (Å²) in [5.41, 5.74) is 0. The fourth-order valence-corrected chi connectivity index (χ4v) is 5.10. The molecule has 0 spiro atoms. The van der Waals surface area contributed by atoms with Crippen LogP contribution in [0.4, 0.5) is 4.39 Å². The van der Waals surface area contributed by atoms with E-state index in [1.165, 1.54) is 24.3 Å². The Bertz CT molecular complexity index is 830. The van der Waals surface area contributed by atoms with E-state index in [9.17, 15) is 22.4 Å². The van der Waals surface area contributed by atoms with Crippen molar-refractivity contribution >= 4 is 21.8 Å². The van der Waals surface area contributed by atoms with Crippen molar-refractivity contribution in [3.8, 4) is 5.75 Å². The molecule has 154 valence electrons. The third-order valence-electron chi connectivity index (χ3n) is 4.88. The summed E-state index contributed by atoms with van der Waals surface area (Å²) in [5.74, 6) is -0.883. The first-order valence-electron chi connectivity index (χ1n) is 9.26. The number of amides is 2. The molecular weight excluding hydrogens is 389 g/mol. The lowest BCUT2D eigenvalue weighted by Crippen LogP contribution is -2.44. The molecule has 0 aliphatic carbocycles. The number of rotatable bonds is 6. The first-order chi connectivity index (χ1) is 13.3. The predicted molar refractivity (Wildman–Crippen MR) is 99.6 cm³/mol. The molecule has 2 aliphatic rings. The van der Waals surface area contributed by atoms with Gasteiger partial charge < -0.3 is 10.1 Å². The number of fused-ring (bicyclic) bond motifs is 1. The van der Waals surface area contributed by atoms with Crippen LogP contribution in [0, 0.1) is 5.82 Å². The van der Waals surface area contributed by atoms with Gasteiger partial charge in [0, 0.05) is 25.7 Å². The van der Waals surface area contributed by atoms with Crippen LogP contribution in [0.3, 0.4) is 0 Å². The number of carbonyl (C=O) groups is 2. The molecule has 28 heavy (non-hydrogen) atoms. The molecule has 1 N–H and O–H groups in total. The number of hydrogen-bond acceptors (Lipinski definition) is 6. The lowest BCUT2D eigenvalue weighted by Gasteiger charge is -2.23. The molecule has 10 heteroatoms. The summed E-state index contributed by atoms with van der Waals surface area (Å²) in [6, 6.07) is 4.54. The molecule has 2 fully saturated rings. The Kier molecular flexibility index (Phi) is 6.19. The van der Waals surface area contributed by atoms with Gasteiger partial charge in [0.05, 0.1) is 11.8 Å². The Balaban J connectivity index is 1.56. The van der Waals surface area contributed by atoms with Crippen molar-refractivity contribution in [1.82, 2.24) is 14.5 Å². The number of sulfonamides is 1. The fraction of sp³-hybridized carbons (Fsp3) is 0.556. The molecule has 0 saturated carbocycles. The maximum Gasteiger partial charge on any atom is 0.258 e. The summed E-state index contributed by atoms with van der Waals surface area (Å²) in [6.07, 6.45) is 0.912. The highest BCUT2D eigenvalue weighted by Crippen LogP contribution is 2.25. The van der Waals surface area contributed by atoms with Crippen LogP contribution in [-0.2, 0) is 19.6 Å². The highest BCUT2D eigenvalue weighted by molar-refractivity contribution is 7.89. The van der Waals surface area contributed by atoms with Gasteiger partial charge in [0.1, 0.15) is 11.6 Å². The van der Waals surface area contributed by atoms with Crippen LogP contribution in [0.15, 0.2) is 24.3 Å². The maximum atomic E-state index is 12.9. The second kappa shape index (κ2) is 8.44. The van der Waals surface area contributed by atoms with Gasteiger partial charge >= 0.3 is 0 Å². The number of ether oxygens (including phenoxy) is 1. The fourth-order valence-electron chi connectivity index (χ4n) is 3.56. The molecule has 3 rings (SSSR count). The molecule has 1 aromatic rings. The van der Waals surface area contributed by atoms with Crippen molar-refractivity contribution in [2.45, 2.75) is 31.8 Å². The minimum Gasteiger partial charge on any atom is -0.484 e. The first-order valence-corrected chi connectivity index (χ1v) is 10.9. The van der Waals surface area contributed by atoms with Gasteiger partial charge in [0.25, 0.3) is 11.8 Å². The van der Waals surface area contributed by atoms with E-state index >= 15 is 0 Å². The first kappa shape index (κ1) is 20.5. The van der Waals surface area contributed by atoms with E-state index in [4.69, 9.17) is 4.74 Å². The van der Waals surface area contributed by atoms with Gasteiger partial charge in [-0.15, -0.1) is 0 Å². The Morgan fingerprint density at radius 3 is 2.71 bits per heavy atom. The van der Waals surface area contributed by atoms with Crippen LogP contribution in [0.2, 0.25) is 0 Å². The van der Waals surface area contributed by atoms with Crippen LogP contribution < -0.4 is 10.1 Å². The molecule has 2 heterocycles. The van der Waals surface area contributed by atoms with Crippen LogP contribution in [0.1, 0.15) is 19.8 Å². The molecule has 8 nitrogen and oxygen atoms in total. The Labute approximate surface area is 163 Å². The zero-order chi connectivity index (χ0) is 20.3. The molecule has 2 amide bonds. The number of carbonyl (C=O) groups excluding carboxylic acids is 2.